The molecule has 1 aromatic carbocycles. The fourth-order valence-corrected chi connectivity index (χ4v) is 3.57. The van der Waals surface area contributed by atoms with Crippen LogP contribution >= 0.6 is 0 Å². The summed E-state index contributed by atoms with van der Waals surface area (Å²) in [4.78, 5) is 14.0. The van der Waals surface area contributed by atoms with E-state index in [0.29, 0.717) is 6.42 Å². The summed E-state index contributed by atoms with van der Waals surface area (Å²) in [6.45, 7) is 0. The third kappa shape index (κ3) is 3.34. The number of benzene rings is 1. The van der Waals surface area contributed by atoms with E-state index in [2.05, 4.69) is 39.6 Å². The third-order valence-electron chi connectivity index (χ3n) is 4.96. The number of carbonyl (C=O) groups is 1. The SMILES string of the molecule is CN1C=CC(Cc2ccc(-c3ccn(C)n3)cc2)=C(c2ccn[nH]2)C1C(N)=O. The Hall–Kier alpha value is -3.61. The zero-order chi connectivity index (χ0) is 19.7. The minimum Gasteiger partial charge on any atom is -0.368 e. The highest BCUT2D eigenvalue weighted by Gasteiger charge is 2.30. The second-order valence-electron chi connectivity index (χ2n) is 6.94. The standard InChI is InChI=1S/C21H22N6O/c1-26-11-8-16(19(20(26)21(22)28)18-7-10-23-24-18)13-14-3-5-15(6-4-14)17-9-12-27(2)25-17/h3-12,20H,13H2,1-2H3,(H2,22,28)(H,23,24). The van der Waals surface area contributed by atoms with Crippen LogP contribution < -0.4 is 5.73 Å². The Labute approximate surface area is 163 Å². The van der Waals surface area contributed by atoms with Gasteiger partial charge in [0.25, 0.3) is 0 Å². The van der Waals surface area contributed by atoms with Crippen molar-refractivity contribution < 1.29 is 4.79 Å². The van der Waals surface area contributed by atoms with E-state index in [4.69, 9.17) is 5.73 Å². The molecule has 0 spiro atoms. The van der Waals surface area contributed by atoms with Gasteiger partial charge in [-0.25, -0.2) is 0 Å². The molecule has 1 aliphatic heterocycles. The van der Waals surface area contributed by atoms with E-state index in [0.717, 1.165) is 33.7 Å². The molecule has 4 rings (SSSR count). The van der Waals surface area contributed by atoms with E-state index in [1.807, 2.05) is 49.6 Å². The monoisotopic (exact) mass is 374 g/mol. The highest BCUT2D eigenvalue weighted by molar-refractivity contribution is 5.96. The number of carbonyl (C=O) groups excluding carboxylic acids is 1. The van der Waals surface area contributed by atoms with Crippen LogP contribution in [0.15, 0.2) is 66.6 Å². The molecule has 1 aliphatic rings. The molecule has 0 fully saturated rings. The predicted octanol–water partition coefficient (Wildman–Crippen LogP) is 2.12. The van der Waals surface area contributed by atoms with Crippen molar-refractivity contribution in [2.24, 2.45) is 12.8 Å². The number of aryl methyl sites for hydroxylation is 1. The Bertz CT molecular complexity index is 1040. The summed E-state index contributed by atoms with van der Waals surface area (Å²) in [6.07, 6.45) is 8.22. The van der Waals surface area contributed by atoms with Crippen LogP contribution in [0.4, 0.5) is 0 Å². The molecule has 7 heteroatoms. The van der Waals surface area contributed by atoms with Gasteiger partial charge in [-0.1, -0.05) is 24.3 Å². The number of hydrogen-bond donors (Lipinski definition) is 2. The first-order valence-corrected chi connectivity index (χ1v) is 9.04. The number of nitrogens with two attached hydrogens (primary N) is 1. The number of rotatable bonds is 5. The molecule has 142 valence electrons. The molecule has 0 aliphatic carbocycles. The summed E-state index contributed by atoms with van der Waals surface area (Å²) in [5.41, 5.74) is 11.6. The van der Waals surface area contributed by atoms with Crippen LogP contribution in [-0.2, 0) is 18.3 Å². The lowest BCUT2D eigenvalue weighted by Gasteiger charge is -2.31. The van der Waals surface area contributed by atoms with Crippen molar-refractivity contribution in [2.45, 2.75) is 12.5 Å². The van der Waals surface area contributed by atoms with Crippen molar-refractivity contribution in [3.05, 3.63) is 77.9 Å². The number of hydrogen-bond acceptors (Lipinski definition) is 4. The normalized spacial score (nSPS) is 16.6. The summed E-state index contributed by atoms with van der Waals surface area (Å²) in [6, 6.07) is 11.6. The number of likely N-dealkylation sites (N-methyl/N-ethyl adjacent to an activating group) is 1. The van der Waals surface area contributed by atoms with Gasteiger partial charge in [0.1, 0.15) is 6.04 Å². The van der Waals surface area contributed by atoms with Crippen LogP contribution in [0.5, 0.6) is 0 Å². The molecule has 3 aromatic rings. The second kappa shape index (κ2) is 7.19. The van der Waals surface area contributed by atoms with Crippen LogP contribution in [-0.4, -0.2) is 43.9 Å². The molecule has 28 heavy (non-hydrogen) atoms. The van der Waals surface area contributed by atoms with Crippen molar-refractivity contribution in [3.63, 3.8) is 0 Å². The molecular weight excluding hydrogens is 352 g/mol. The van der Waals surface area contributed by atoms with Crippen molar-refractivity contribution in [3.8, 4) is 11.3 Å². The molecule has 0 radical (unpaired) electrons. The Morgan fingerprint density at radius 1 is 1.18 bits per heavy atom. The first kappa shape index (κ1) is 17.8. The molecule has 7 nitrogen and oxygen atoms in total. The van der Waals surface area contributed by atoms with Gasteiger partial charge in [0, 0.05) is 43.8 Å². The maximum absolute atomic E-state index is 12.1. The summed E-state index contributed by atoms with van der Waals surface area (Å²) in [7, 11) is 3.75. The Morgan fingerprint density at radius 2 is 1.96 bits per heavy atom. The molecule has 0 saturated heterocycles. The molecule has 2 aromatic heterocycles. The number of nitrogens with one attached hydrogen (secondary N) is 1. The van der Waals surface area contributed by atoms with E-state index in [-0.39, 0.29) is 5.91 Å². The zero-order valence-electron chi connectivity index (χ0n) is 15.8. The average molecular weight is 374 g/mol. The van der Waals surface area contributed by atoms with E-state index >= 15 is 0 Å². The predicted molar refractivity (Wildman–Crippen MR) is 108 cm³/mol. The first-order valence-electron chi connectivity index (χ1n) is 9.04. The fraction of sp³-hybridized carbons (Fsp3) is 0.190. The number of amides is 1. The molecule has 3 heterocycles. The van der Waals surface area contributed by atoms with Gasteiger partial charge in [0.15, 0.2) is 0 Å². The van der Waals surface area contributed by atoms with Crippen molar-refractivity contribution in [1.82, 2.24) is 24.9 Å². The number of allylic oxidation sites excluding steroid dienone is 2. The van der Waals surface area contributed by atoms with Crippen molar-refractivity contribution in [1.29, 1.82) is 0 Å². The summed E-state index contributed by atoms with van der Waals surface area (Å²) < 4.78 is 1.79. The van der Waals surface area contributed by atoms with Crippen LogP contribution in [0.2, 0.25) is 0 Å². The molecule has 0 bridgehead atoms. The molecule has 1 amide bonds. The number of primary amides is 1. The van der Waals surface area contributed by atoms with Gasteiger partial charge in [-0.3, -0.25) is 14.6 Å². The number of aromatic nitrogens is 4. The Balaban J connectivity index is 1.68. The van der Waals surface area contributed by atoms with Crippen molar-refractivity contribution in [2.75, 3.05) is 7.05 Å². The van der Waals surface area contributed by atoms with E-state index < -0.39 is 6.04 Å². The quantitative estimate of drug-likeness (QED) is 0.715. The van der Waals surface area contributed by atoms with Crippen molar-refractivity contribution >= 4 is 11.5 Å². The lowest BCUT2D eigenvalue weighted by molar-refractivity contribution is -0.120. The zero-order valence-corrected chi connectivity index (χ0v) is 15.8. The molecule has 1 unspecified atom stereocenters. The number of aromatic amines is 1. The maximum atomic E-state index is 12.1. The summed E-state index contributed by atoms with van der Waals surface area (Å²) >= 11 is 0. The highest BCUT2D eigenvalue weighted by atomic mass is 16.1. The average Bonchev–Trinajstić information content (AvgIpc) is 3.35. The smallest absolute Gasteiger partial charge is 0.244 e. The number of H-pyrrole nitrogens is 1. The first-order chi connectivity index (χ1) is 13.5. The minimum atomic E-state index is -0.534. The third-order valence-corrected chi connectivity index (χ3v) is 4.96. The van der Waals surface area contributed by atoms with Gasteiger partial charge in [0.2, 0.25) is 5.91 Å². The van der Waals surface area contributed by atoms with Gasteiger partial charge >= 0.3 is 0 Å². The molecular formula is C21H22N6O. The van der Waals surface area contributed by atoms with Gasteiger partial charge in [-0.2, -0.15) is 10.2 Å². The van der Waals surface area contributed by atoms with Crippen LogP contribution in [0, 0.1) is 0 Å². The molecule has 1 atom stereocenters. The lowest BCUT2D eigenvalue weighted by Crippen LogP contribution is -2.42. The summed E-state index contributed by atoms with van der Waals surface area (Å²) in [5, 5.41) is 11.5. The van der Waals surface area contributed by atoms with Crippen LogP contribution in [0.1, 0.15) is 11.3 Å². The van der Waals surface area contributed by atoms with Gasteiger partial charge < -0.3 is 10.6 Å². The van der Waals surface area contributed by atoms with E-state index in [1.165, 1.54) is 0 Å². The largest absolute Gasteiger partial charge is 0.368 e. The van der Waals surface area contributed by atoms with E-state index in [9.17, 15) is 4.79 Å². The minimum absolute atomic E-state index is 0.389. The topological polar surface area (TPSA) is 92.8 Å². The molecule has 0 saturated carbocycles. The summed E-state index contributed by atoms with van der Waals surface area (Å²) in [5.74, 6) is -0.389. The maximum Gasteiger partial charge on any atom is 0.244 e. The fourth-order valence-electron chi connectivity index (χ4n) is 3.57. The van der Waals surface area contributed by atoms with Crippen LogP contribution in [0.3, 0.4) is 0 Å². The molecule has 3 N–H and O–H groups in total. The van der Waals surface area contributed by atoms with Gasteiger partial charge in [-0.15, -0.1) is 0 Å². The lowest BCUT2D eigenvalue weighted by atomic mass is 9.89. The second-order valence-corrected chi connectivity index (χ2v) is 6.94. The van der Waals surface area contributed by atoms with Gasteiger partial charge in [-0.05, 0) is 35.8 Å². The number of nitrogens with zero attached hydrogens (tertiary/aromatic N) is 4. The Morgan fingerprint density at radius 3 is 2.57 bits per heavy atom. The Kier molecular flexibility index (Phi) is 4.57. The highest BCUT2D eigenvalue weighted by Crippen LogP contribution is 2.31. The van der Waals surface area contributed by atoms with Crippen LogP contribution in [0.25, 0.3) is 16.8 Å². The van der Waals surface area contributed by atoms with Gasteiger partial charge in [0.05, 0.1) is 11.4 Å². The van der Waals surface area contributed by atoms with E-state index in [1.54, 1.807) is 10.9 Å².